The predicted molar refractivity (Wildman–Crippen MR) is 72.9 cm³/mol. The van der Waals surface area contributed by atoms with Crippen molar-refractivity contribution in [3.05, 3.63) is 29.8 Å². The van der Waals surface area contributed by atoms with Gasteiger partial charge in [0, 0.05) is 18.5 Å². The minimum Gasteiger partial charge on any atom is -0.491 e. The third kappa shape index (κ3) is 2.89. The Morgan fingerprint density at radius 3 is 3.16 bits per heavy atom. The SMILES string of the molecule is O=C(CC1CCNC1)N1CCOc2ccccc2C1. The number of ether oxygens (including phenoxy) is 1. The number of nitrogens with one attached hydrogen (secondary N) is 1. The Labute approximate surface area is 113 Å². The zero-order valence-corrected chi connectivity index (χ0v) is 11.1. The molecule has 4 heteroatoms. The standard InChI is InChI=1S/C15H20N2O2/c18-15(9-12-5-6-16-10-12)17-7-8-19-14-4-2-1-3-13(14)11-17/h1-4,12,16H,5-11H2. The fourth-order valence-electron chi connectivity index (χ4n) is 2.80. The van der Waals surface area contributed by atoms with Crippen LogP contribution >= 0.6 is 0 Å². The van der Waals surface area contributed by atoms with E-state index in [0.29, 0.717) is 32.0 Å². The minimum atomic E-state index is 0.258. The molecule has 3 rings (SSSR count). The number of para-hydroxylation sites is 1. The van der Waals surface area contributed by atoms with Crippen LogP contribution in [0.4, 0.5) is 0 Å². The highest BCUT2D eigenvalue weighted by atomic mass is 16.5. The summed E-state index contributed by atoms with van der Waals surface area (Å²) >= 11 is 0. The van der Waals surface area contributed by atoms with Crippen molar-refractivity contribution in [3.63, 3.8) is 0 Å². The van der Waals surface area contributed by atoms with Crippen molar-refractivity contribution in [2.75, 3.05) is 26.2 Å². The van der Waals surface area contributed by atoms with Crippen LogP contribution in [-0.4, -0.2) is 37.0 Å². The molecular formula is C15H20N2O2. The third-order valence-corrected chi connectivity index (χ3v) is 3.93. The van der Waals surface area contributed by atoms with E-state index in [1.807, 2.05) is 29.2 Å². The van der Waals surface area contributed by atoms with Crippen molar-refractivity contribution in [3.8, 4) is 5.75 Å². The number of carbonyl (C=O) groups excluding carboxylic acids is 1. The molecule has 102 valence electrons. The van der Waals surface area contributed by atoms with Crippen LogP contribution in [0.25, 0.3) is 0 Å². The van der Waals surface area contributed by atoms with Crippen LogP contribution in [0.2, 0.25) is 0 Å². The zero-order valence-electron chi connectivity index (χ0n) is 11.1. The lowest BCUT2D eigenvalue weighted by Gasteiger charge is -2.21. The first-order valence-corrected chi connectivity index (χ1v) is 7.02. The smallest absolute Gasteiger partial charge is 0.223 e. The first-order valence-electron chi connectivity index (χ1n) is 7.02. The molecule has 19 heavy (non-hydrogen) atoms. The summed E-state index contributed by atoms with van der Waals surface area (Å²) in [5.41, 5.74) is 1.11. The van der Waals surface area contributed by atoms with Crippen LogP contribution < -0.4 is 10.1 Å². The Kier molecular flexibility index (Phi) is 3.69. The fourth-order valence-corrected chi connectivity index (χ4v) is 2.80. The molecule has 1 aromatic carbocycles. The van der Waals surface area contributed by atoms with E-state index in [1.165, 1.54) is 0 Å². The average molecular weight is 260 g/mol. The molecule has 1 fully saturated rings. The van der Waals surface area contributed by atoms with Gasteiger partial charge in [0.15, 0.2) is 0 Å². The van der Waals surface area contributed by atoms with Crippen LogP contribution in [0.5, 0.6) is 5.75 Å². The maximum atomic E-state index is 12.4. The third-order valence-electron chi connectivity index (χ3n) is 3.93. The Bertz CT molecular complexity index is 455. The fraction of sp³-hybridized carbons (Fsp3) is 0.533. The summed E-state index contributed by atoms with van der Waals surface area (Å²) in [5, 5.41) is 3.31. The molecule has 0 aromatic heterocycles. The maximum Gasteiger partial charge on any atom is 0.223 e. The first kappa shape index (κ1) is 12.5. The number of nitrogens with zero attached hydrogens (tertiary/aromatic N) is 1. The molecule has 0 spiro atoms. The zero-order chi connectivity index (χ0) is 13.1. The van der Waals surface area contributed by atoms with Gasteiger partial charge in [-0.2, -0.15) is 0 Å². The van der Waals surface area contributed by atoms with Crippen LogP contribution in [0.15, 0.2) is 24.3 Å². The van der Waals surface area contributed by atoms with Crippen molar-refractivity contribution >= 4 is 5.91 Å². The topological polar surface area (TPSA) is 41.6 Å². The number of rotatable bonds is 2. The second-order valence-corrected chi connectivity index (χ2v) is 5.33. The van der Waals surface area contributed by atoms with Gasteiger partial charge in [0.05, 0.1) is 6.54 Å². The molecular weight excluding hydrogens is 240 g/mol. The minimum absolute atomic E-state index is 0.258. The normalized spacial score (nSPS) is 22.5. The molecule has 2 aliphatic rings. The summed E-state index contributed by atoms with van der Waals surface area (Å²) in [6.07, 6.45) is 1.78. The van der Waals surface area contributed by atoms with Crippen LogP contribution in [-0.2, 0) is 11.3 Å². The first-order chi connectivity index (χ1) is 9.33. The summed E-state index contributed by atoms with van der Waals surface area (Å²) in [7, 11) is 0. The summed E-state index contributed by atoms with van der Waals surface area (Å²) in [6, 6.07) is 7.99. The van der Waals surface area contributed by atoms with E-state index >= 15 is 0 Å². The molecule has 4 nitrogen and oxygen atoms in total. The summed E-state index contributed by atoms with van der Waals surface area (Å²) in [4.78, 5) is 14.3. The van der Waals surface area contributed by atoms with Crippen molar-refractivity contribution in [1.29, 1.82) is 0 Å². The molecule has 1 amide bonds. The Morgan fingerprint density at radius 2 is 2.32 bits per heavy atom. The van der Waals surface area contributed by atoms with Gasteiger partial charge in [0.1, 0.15) is 12.4 Å². The molecule has 1 N–H and O–H groups in total. The second kappa shape index (κ2) is 5.61. The van der Waals surface area contributed by atoms with Crippen LogP contribution in [0.3, 0.4) is 0 Å². The van der Waals surface area contributed by atoms with Gasteiger partial charge in [0.25, 0.3) is 0 Å². The van der Waals surface area contributed by atoms with Gasteiger partial charge in [0.2, 0.25) is 5.91 Å². The van der Waals surface area contributed by atoms with Gasteiger partial charge in [-0.05, 0) is 31.5 Å². The van der Waals surface area contributed by atoms with E-state index in [2.05, 4.69) is 5.32 Å². The molecule has 0 saturated carbocycles. The number of hydrogen-bond acceptors (Lipinski definition) is 3. The van der Waals surface area contributed by atoms with Gasteiger partial charge < -0.3 is 15.0 Å². The Hall–Kier alpha value is -1.55. The lowest BCUT2D eigenvalue weighted by molar-refractivity contribution is -0.132. The van der Waals surface area contributed by atoms with Gasteiger partial charge in [-0.1, -0.05) is 18.2 Å². The van der Waals surface area contributed by atoms with Gasteiger partial charge in [-0.25, -0.2) is 0 Å². The highest BCUT2D eigenvalue weighted by Crippen LogP contribution is 2.23. The molecule has 2 aliphatic heterocycles. The van der Waals surface area contributed by atoms with E-state index < -0.39 is 0 Å². The van der Waals surface area contributed by atoms with Crippen molar-refractivity contribution < 1.29 is 9.53 Å². The predicted octanol–water partition coefficient (Wildman–Crippen LogP) is 1.41. The highest BCUT2D eigenvalue weighted by Gasteiger charge is 2.24. The second-order valence-electron chi connectivity index (χ2n) is 5.33. The van der Waals surface area contributed by atoms with Crippen LogP contribution in [0, 0.1) is 5.92 Å². The number of fused-ring (bicyclic) bond motifs is 1. The highest BCUT2D eigenvalue weighted by molar-refractivity contribution is 5.76. The number of hydrogen-bond donors (Lipinski definition) is 1. The average Bonchev–Trinajstić information content (AvgIpc) is 2.82. The maximum absolute atomic E-state index is 12.4. The van der Waals surface area contributed by atoms with Crippen molar-refractivity contribution in [2.24, 2.45) is 5.92 Å². The molecule has 1 atom stereocenters. The number of carbonyl (C=O) groups is 1. The molecule has 0 bridgehead atoms. The Balaban J connectivity index is 1.66. The largest absolute Gasteiger partial charge is 0.491 e. The van der Waals surface area contributed by atoms with Gasteiger partial charge in [-0.15, -0.1) is 0 Å². The van der Waals surface area contributed by atoms with E-state index in [-0.39, 0.29) is 5.91 Å². The molecule has 2 heterocycles. The van der Waals surface area contributed by atoms with Gasteiger partial charge >= 0.3 is 0 Å². The van der Waals surface area contributed by atoms with E-state index in [0.717, 1.165) is 30.8 Å². The van der Waals surface area contributed by atoms with E-state index in [9.17, 15) is 4.79 Å². The van der Waals surface area contributed by atoms with E-state index in [1.54, 1.807) is 0 Å². The molecule has 1 unspecified atom stereocenters. The lowest BCUT2D eigenvalue weighted by Crippen LogP contribution is -2.33. The number of benzene rings is 1. The summed E-state index contributed by atoms with van der Waals surface area (Å²) in [6.45, 7) is 3.98. The monoisotopic (exact) mass is 260 g/mol. The lowest BCUT2D eigenvalue weighted by atomic mass is 10.0. The van der Waals surface area contributed by atoms with Crippen LogP contribution in [0.1, 0.15) is 18.4 Å². The number of amides is 1. The molecule has 0 aliphatic carbocycles. The van der Waals surface area contributed by atoms with Crippen molar-refractivity contribution in [2.45, 2.75) is 19.4 Å². The molecule has 0 radical (unpaired) electrons. The molecule has 1 saturated heterocycles. The summed E-state index contributed by atoms with van der Waals surface area (Å²) in [5.74, 6) is 1.68. The Morgan fingerprint density at radius 1 is 1.42 bits per heavy atom. The molecule has 1 aromatic rings. The summed E-state index contributed by atoms with van der Waals surface area (Å²) < 4.78 is 5.69. The van der Waals surface area contributed by atoms with Gasteiger partial charge in [-0.3, -0.25) is 4.79 Å². The van der Waals surface area contributed by atoms with E-state index in [4.69, 9.17) is 4.74 Å². The van der Waals surface area contributed by atoms with Crippen molar-refractivity contribution in [1.82, 2.24) is 10.2 Å². The quantitative estimate of drug-likeness (QED) is 0.874.